The number of anilines is 1. The third-order valence-electron chi connectivity index (χ3n) is 4.79. The Hall–Kier alpha value is -2.88. The van der Waals surface area contributed by atoms with Crippen LogP contribution in [0, 0.1) is 0 Å². The second-order valence-corrected chi connectivity index (χ2v) is 9.32. The molecule has 3 aromatic rings. The second kappa shape index (κ2) is 9.09. The van der Waals surface area contributed by atoms with E-state index in [1.807, 2.05) is 0 Å². The van der Waals surface area contributed by atoms with Gasteiger partial charge >= 0.3 is 0 Å². The molecule has 0 saturated heterocycles. The fourth-order valence-corrected chi connectivity index (χ4v) is 4.87. The molecule has 0 saturated carbocycles. The molecule has 8 nitrogen and oxygen atoms in total. The molecule has 10 heteroatoms. The number of sulfonamides is 1. The summed E-state index contributed by atoms with van der Waals surface area (Å²) in [4.78, 5) is 15.8. The highest BCUT2D eigenvalue weighted by molar-refractivity contribution is 7.89. The topological polar surface area (TPSA) is 93.5 Å². The minimum absolute atomic E-state index is 0.0723. The number of carbonyl (C=O) groups excluding carboxylic acids is 1. The molecule has 0 spiro atoms. The molecule has 0 fully saturated rings. The number of benzene rings is 2. The molecule has 164 valence electrons. The Morgan fingerprint density at radius 3 is 2.45 bits per heavy atom. The van der Waals surface area contributed by atoms with Crippen LogP contribution in [0.15, 0.2) is 59.8 Å². The summed E-state index contributed by atoms with van der Waals surface area (Å²) < 4.78 is 35.7. The zero-order chi connectivity index (χ0) is 22.8. The smallest absolute Gasteiger partial charge is 0.247 e. The van der Waals surface area contributed by atoms with Gasteiger partial charge in [-0.25, -0.2) is 13.4 Å². The number of rotatable bonds is 7. The van der Waals surface area contributed by atoms with E-state index < -0.39 is 16.1 Å². The van der Waals surface area contributed by atoms with Crippen molar-refractivity contribution in [1.29, 1.82) is 0 Å². The van der Waals surface area contributed by atoms with E-state index in [4.69, 9.17) is 16.3 Å². The van der Waals surface area contributed by atoms with E-state index in [0.717, 1.165) is 0 Å². The summed E-state index contributed by atoms with van der Waals surface area (Å²) in [5, 5.41) is 3.14. The lowest BCUT2D eigenvalue weighted by Gasteiger charge is -2.28. The van der Waals surface area contributed by atoms with Gasteiger partial charge in [-0.1, -0.05) is 23.7 Å². The van der Waals surface area contributed by atoms with Crippen molar-refractivity contribution in [3.63, 3.8) is 0 Å². The second-order valence-electron chi connectivity index (χ2n) is 6.92. The molecule has 31 heavy (non-hydrogen) atoms. The Morgan fingerprint density at radius 1 is 1.23 bits per heavy atom. The standard InChI is InChI=1S/C21H23ClN4O4S/c1-14(27)24-17-9-10-18(30-4)19(13-17)31(28,29)26(3)20(21-23-11-12-25(21)2)15-5-7-16(22)8-6-15/h5-13,20H,1-4H3,(H,24,27)/t20-/m0/s1. The summed E-state index contributed by atoms with van der Waals surface area (Å²) in [7, 11) is 0.596. The average molecular weight is 463 g/mol. The minimum atomic E-state index is -4.07. The zero-order valence-electron chi connectivity index (χ0n) is 17.5. The number of aromatic nitrogens is 2. The van der Waals surface area contributed by atoms with Crippen LogP contribution >= 0.6 is 11.6 Å². The van der Waals surface area contributed by atoms with Gasteiger partial charge in [0.2, 0.25) is 15.9 Å². The summed E-state index contributed by atoms with van der Waals surface area (Å²) in [6, 6.07) is 10.7. The SMILES string of the molecule is COc1ccc(NC(C)=O)cc1S(=O)(=O)N(C)[C@@H](c1ccc(Cl)cc1)c1nccn1C. The highest BCUT2D eigenvalue weighted by Gasteiger charge is 2.34. The van der Waals surface area contributed by atoms with Crippen molar-refractivity contribution >= 4 is 33.2 Å². The summed E-state index contributed by atoms with van der Waals surface area (Å²) >= 11 is 6.03. The van der Waals surface area contributed by atoms with E-state index in [9.17, 15) is 13.2 Å². The molecule has 3 rings (SSSR count). The Balaban J connectivity index is 2.15. The largest absolute Gasteiger partial charge is 0.495 e. The molecule has 1 heterocycles. The molecule has 0 radical (unpaired) electrons. The van der Waals surface area contributed by atoms with Crippen LogP contribution in [0.4, 0.5) is 5.69 Å². The molecule has 1 amide bonds. The number of amides is 1. The number of nitrogens with zero attached hydrogens (tertiary/aromatic N) is 3. The van der Waals surface area contributed by atoms with Gasteiger partial charge in [0.1, 0.15) is 22.5 Å². The number of hydrogen-bond donors (Lipinski definition) is 1. The van der Waals surface area contributed by atoms with Crippen LogP contribution < -0.4 is 10.1 Å². The molecule has 1 N–H and O–H groups in total. The fourth-order valence-electron chi connectivity index (χ4n) is 3.26. The highest BCUT2D eigenvalue weighted by Crippen LogP contribution is 2.35. The van der Waals surface area contributed by atoms with Gasteiger partial charge in [0.05, 0.1) is 7.11 Å². The monoisotopic (exact) mass is 462 g/mol. The van der Waals surface area contributed by atoms with E-state index in [0.29, 0.717) is 22.1 Å². The predicted molar refractivity (Wildman–Crippen MR) is 119 cm³/mol. The van der Waals surface area contributed by atoms with Crippen LogP contribution in [0.2, 0.25) is 5.02 Å². The van der Waals surface area contributed by atoms with Crippen molar-refractivity contribution in [3.8, 4) is 5.75 Å². The summed E-state index contributed by atoms with van der Waals surface area (Å²) in [6.07, 6.45) is 3.35. The van der Waals surface area contributed by atoms with Crippen molar-refractivity contribution in [3.05, 3.63) is 71.3 Å². The Bertz CT molecular complexity index is 1190. The molecule has 0 bridgehead atoms. The van der Waals surface area contributed by atoms with Gasteiger partial charge < -0.3 is 14.6 Å². The Morgan fingerprint density at radius 2 is 1.90 bits per heavy atom. The van der Waals surface area contributed by atoms with Crippen molar-refractivity contribution in [1.82, 2.24) is 13.9 Å². The van der Waals surface area contributed by atoms with Crippen LogP contribution in [-0.2, 0) is 21.9 Å². The first-order valence-corrected chi connectivity index (χ1v) is 11.1. The number of aryl methyl sites for hydroxylation is 1. The molecular weight excluding hydrogens is 440 g/mol. The van der Waals surface area contributed by atoms with Crippen molar-refractivity contribution < 1.29 is 17.9 Å². The maximum Gasteiger partial charge on any atom is 0.247 e. The molecule has 2 aromatic carbocycles. The van der Waals surface area contributed by atoms with Crippen LogP contribution in [0.1, 0.15) is 24.4 Å². The van der Waals surface area contributed by atoms with Crippen LogP contribution in [0.25, 0.3) is 0 Å². The number of methoxy groups -OCH3 is 1. The zero-order valence-corrected chi connectivity index (χ0v) is 19.1. The number of ether oxygens (including phenoxy) is 1. The van der Waals surface area contributed by atoms with Gasteiger partial charge in [-0.15, -0.1) is 0 Å². The van der Waals surface area contributed by atoms with Gasteiger partial charge in [-0.3, -0.25) is 4.79 Å². The first-order valence-electron chi connectivity index (χ1n) is 9.31. The number of hydrogen-bond acceptors (Lipinski definition) is 5. The quantitative estimate of drug-likeness (QED) is 0.580. The molecule has 0 unspecified atom stereocenters. The van der Waals surface area contributed by atoms with Crippen molar-refractivity contribution in [2.45, 2.75) is 17.9 Å². The fraction of sp³-hybridized carbons (Fsp3) is 0.238. The molecular formula is C21H23ClN4O4S. The number of nitrogens with one attached hydrogen (secondary N) is 1. The Labute approximate surface area is 186 Å². The maximum atomic E-state index is 13.7. The maximum absolute atomic E-state index is 13.7. The first-order chi connectivity index (χ1) is 14.6. The third-order valence-corrected chi connectivity index (χ3v) is 6.89. The van der Waals surface area contributed by atoms with E-state index in [1.165, 1.54) is 37.5 Å². The number of imidazole rings is 1. The van der Waals surface area contributed by atoms with Crippen molar-refractivity contribution in [2.75, 3.05) is 19.5 Å². The molecule has 0 aliphatic rings. The first kappa shape index (κ1) is 22.8. The summed E-state index contributed by atoms with van der Waals surface area (Å²) in [5.41, 5.74) is 1.04. The highest BCUT2D eigenvalue weighted by atomic mass is 35.5. The predicted octanol–water partition coefficient (Wildman–Crippen LogP) is 3.45. The third kappa shape index (κ3) is 4.73. The van der Waals surface area contributed by atoms with Crippen LogP contribution in [-0.4, -0.2) is 42.3 Å². The van der Waals surface area contributed by atoms with E-state index >= 15 is 0 Å². The lowest BCUT2D eigenvalue weighted by molar-refractivity contribution is -0.114. The lowest BCUT2D eigenvalue weighted by atomic mass is 10.1. The summed E-state index contributed by atoms with van der Waals surface area (Å²) in [6.45, 7) is 1.35. The molecule has 1 aromatic heterocycles. The molecule has 0 aliphatic carbocycles. The lowest BCUT2D eigenvalue weighted by Crippen LogP contribution is -2.33. The molecule has 0 aliphatic heterocycles. The summed E-state index contributed by atoms with van der Waals surface area (Å²) in [5.74, 6) is 0.384. The van der Waals surface area contributed by atoms with Gasteiger partial charge in [0.15, 0.2) is 0 Å². The van der Waals surface area contributed by atoms with Gasteiger partial charge in [0.25, 0.3) is 0 Å². The van der Waals surface area contributed by atoms with Crippen LogP contribution in [0.5, 0.6) is 5.75 Å². The number of carbonyl (C=O) groups is 1. The normalized spacial score (nSPS) is 12.6. The van der Waals surface area contributed by atoms with E-state index in [1.54, 1.807) is 54.3 Å². The average Bonchev–Trinajstić information content (AvgIpc) is 3.14. The van der Waals surface area contributed by atoms with Gasteiger partial charge in [0, 0.05) is 44.1 Å². The van der Waals surface area contributed by atoms with Crippen molar-refractivity contribution in [2.24, 2.45) is 7.05 Å². The van der Waals surface area contributed by atoms with Gasteiger partial charge in [-0.2, -0.15) is 4.31 Å². The van der Waals surface area contributed by atoms with Crippen LogP contribution in [0.3, 0.4) is 0 Å². The van der Waals surface area contributed by atoms with Gasteiger partial charge in [-0.05, 0) is 35.9 Å². The van der Waals surface area contributed by atoms with E-state index in [2.05, 4.69) is 10.3 Å². The van der Waals surface area contributed by atoms with E-state index in [-0.39, 0.29) is 16.6 Å². The number of halogens is 1. The Kier molecular flexibility index (Phi) is 6.68. The minimum Gasteiger partial charge on any atom is -0.495 e. The molecule has 1 atom stereocenters.